The number of para-hydroxylation sites is 1. The largest absolute Gasteiger partial charge is 0.483 e. The maximum absolute atomic E-state index is 12.8. The molecule has 0 bridgehead atoms. The molecule has 8 nitrogen and oxygen atoms in total. The third kappa shape index (κ3) is 6.83. The monoisotopic (exact) mass is 448 g/mol. The minimum absolute atomic E-state index is 0.0181. The summed E-state index contributed by atoms with van der Waals surface area (Å²) in [7, 11) is 0. The summed E-state index contributed by atoms with van der Waals surface area (Å²) in [5, 5.41) is 8.56. The number of benzene rings is 2. The molecule has 0 aromatic heterocycles. The first-order valence-electron chi connectivity index (χ1n) is 9.55. The highest BCUT2D eigenvalue weighted by molar-refractivity contribution is 6.35. The van der Waals surface area contributed by atoms with Gasteiger partial charge in [0.2, 0.25) is 0 Å². The number of carbonyl (C=O) groups excluding carboxylic acids is 3. The first-order valence-corrected chi connectivity index (χ1v) is 9.55. The van der Waals surface area contributed by atoms with E-state index < -0.39 is 36.1 Å². The number of carbonyl (C=O) groups is 3. The van der Waals surface area contributed by atoms with Crippen molar-refractivity contribution in [1.29, 1.82) is 0 Å². The van der Waals surface area contributed by atoms with Crippen molar-refractivity contribution in [3.05, 3.63) is 59.7 Å². The molecule has 0 spiro atoms. The topological polar surface area (TPSA) is 109 Å². The molecule has 1 aliphatic carbocycles. The molecule has 1 saturated carbocycles. The summed E-state index contributed by atoms with van der Waals surface area (Å²) in [6.07, 6.45) is -1.60. The lowest BCUT2D eigenvalue weighted by molar-refractivity contribution is -0.139. The Hall–Kier alpha value is -3.89. The number of nitrogens with one attached hydrogen (secondary N) is 3. The molecule has 3 amide bonds. The zero-order valence-corrected chi connectivity index (χ0v) is 16.6. The predicted octanol–water partition coefficient (Wildman–Crippen LogP) is 2.45. The van der Waals surface area contributed by atoms with Gasteiger partial charge in [0.05, 0.1) is 11.8 Å². The van der Waals surface area contributed by atoms with Crippen LogP contribution in [0.3, 0.4) is 0 Å². The van der Waals surface area contributed by atoms with E-state index in [1.807, 2.05) is 0 Å². The summed E-state index contributed by atoms with van der Waals surface area (Å²) >= 11 is 0. The van der Waals surface area contributed by atoms with Gasteiger partial charge in [0, 0.05) is 17.3 Å². The van der Waals surface area contributed by atoms with E-state index in [0.29, 0.717) is 5.56 Å². The number of hydrogen-bond acceptors (Lipinski definition) is 5. The minimum atomic E-state index is -4.52. The third-order valence-corrected chi connectivity index (χ3v) is 4.24. The molecule has 2 aromatic rings. The molecule has 0 unspecified atom stereocenters. The number of anilines is 1. The van der Waals surface area contributed by atoms with E-state index in [2.05, 4.69) is 21.2 Å². The van der Waals surface area contributed by atoms with Crippen LogP contribution in [0.25, 0.3) is 0 Å². The number of halogens is 3. The zero-order chi connectivity index (χ0) is 23.1. The average Bonchev–Trinajstić information content (AvgIpc) is 3.56. The van der Waals surface area contributed by atoms with Crippen molar-refractivity contribution in [2.24, 2.45) is 5.10 Å². The molecule has 0 heterocycles. The van der Waals surface area contributed by atoms with Crippen LogP contribution in [0.5, 0.6) is 5.75 Å². The maximum Gasteiger partial charge on any atom is 0.416 e. The Balaban J connectivity index is 1.53. The van der Waals surface area contributed by atoms with Crippen molar-refractivity contribution >= 4 is 29.6 Å². The zero-order valence-electron chi connectivity index (χ0n) is 16.6. The second kappa shape index (κ2) is 9.94. The van der Waals surface area contributed by atoms with E-state index in [1.165, 1.54) is 18.3 Å². The van der Waals surface area contributed by atoms with Gasteiger partial charge in [-0.15, -0.1) is 0 Å². The van der Waals surface area contributed by atoms with Crippen LogP contribution in [0.15, 0.2) is 53.6 Å². The van der Waals surface area contributed by atoms with Gasteiger partial charge in [0.1, 0.15) is 5.75 Å². The van der Waals surface area contributed by atoms with Crippen LogP contribution in [0.2, 0.25) is 0 Å². The van der Waals surface area contributed by atoms with E-state index in [1.54, 1.807) is 24.3 Å². The van der Waals surface area contributed by atoms with E-state index in [9.17, 15) is 27.6 Å². The Morgan fingerprint density at radius 2 is 1.81 bits per heavy atom. The van der Waals surface area contributed by atoms with Crippen LogP contribution in [-0.4, -0.2) is 36.6 Å². The van der Waals surface area contributed by atoms with Gasteiger partial charge in [-0.05, 0) is 43.2 Å². The smallest absolute Gasteiger partial charge is 0.416 e. The number of ether oxygens (including phenoxy) is 1. The van der Waals surface area contributed by atoms with Crippen molar-refractivity contribution in [3.8, 4) is 5.75 Å². The van der Waals surface area contributed by atoms with Crippen LogP contribution >= 0.6 is 0 Å². The van der Waals surface area contributed by atoms with Crippen molar-refractivity contribution in [2.75, 3.05) is 11.9 Å². The van der Waals surface area contributed by atoms with Crippen LogP contribution in [0.1, 0.15) is 24.0 Å². The third-order valence-electron chi connectivity index (χ3n) is 4.24. The van der Waals surface area contributed by atoms with Crippen molar-refractivity contribution in [2.45, 2.75) is 25.1 Å². The van der Waals surface area contributed by atoms with E-state index in [4.69, 9.17) is 4.74 Å². The lowest BCUT2D eigenvalue weighted by Crippen LogP contribution is -2.38. The molecule has 1 fully saturated rings. The second-order valence-corrected chi connectivity index (χ2v) is 6.90. The maximum atomic E-state index is 12.8. The first-order chi connectivity index (χ1) is 15.2. The number of hydrazone groups is 1. The molecule has 168 valence electrons. The highest BCUT2D eigenvalue weighted by Crippen LogP contribution is 2.30. The van der Waals surface area contributed by atoms with Gasteiger partial charge < -0.3 is 15.4 Å². The summed E-state index contributed by atoms with van der Waals surface area (Å²) < 4.78 is 43.7. The highest BCUT2D eigenvalue weighted by atomic mass is 19.4. The fourth-order valence-corrected chi connectivity index (χ4v) is 2.52. The Kier molecular flexibility index (Phi) is 7.08. The van der Waals surface area contributed by atoms with E-state index in [-0.39, 0.29) is 17.5 Å². The molecule has 2 aromatic carbocycles. The summed E-state index contributed by atoms with van der Waals surface area (Å²) in [4.78, 5) is 35.3. The Bertz CT molecular complexity index is 1040. The van der Waals surface area contributed by atoms with Gasteiger partial charge in [-0.2, -0.15) is 18.3 Å². The van der Waals surface area contributed by atoms with Gasteiger partial charge >= 0.3 is 18.0 Å². The molecule has 1 aliphatic rings. The van der Waals surface area contributed by atoms with Crippen molar-refractivity contribution in [3.63, 3.8) is 0 Å². The predicted molar refractivity (Wildman–Crippen MR) is 109 cm³/mol. The molecule has 32 heavy (non-hydrogen) atoms. The summed E-state index contributed by atoms with van der Waals surface area (Å²) in [5.74, 6) is -2.11. The van der Waals surface area contributed by atoms with E-state index >= 15 is 0 Å². The van der Waals surface area contributed by atoms with Crippen LogP contribution in [0, 0.1) is 0 Å². The van der Waals surface area contributed by atoms with Crippen LogP contribution < -0.4 is 20.8 Å². The molecule has 0 radical (unpaired) electrons. The number of nitrogens with zero attached hydrogens (tertiary/aromatic N) is 1. The Morgan fingerprint density at radius 1 is 1.06 bits per heavy atom. The summed E-state index contributed by atoms with van der Waals surface area (Å²) in [5.41, 5.74) is 1.60. The van der Waals surface area contributed by atoms with Crippen molar-refractivity contribution < 1.29 is 32.3 Å². The Labute approximate surface area is 180 Å². The van der Waals surface area contributed by atoms with Gasteiger partial charge in [-0.3, -0.25) is 14.4 Å². The highest BCUT2D eigenvalue weighted by Gasteiger charge is 2.30. The molecule has 0 aliphatic heterocycles. The fourth-order valence-electron chi connectivity index (χ4n) is 2.52. The summed E-state index contributed by atoms with van der Waals surface area (Å²) in [6, 6.07) is 10.7. The average molecular weight is 448 g/mol. The summed E-state index contributed by atoms with van der Waals surface area (Å²) in [6.45, 7) is -0.475. The SMILES string of the molecule is O=C(COc1ccccc1/C=N\NC(=O)C(=O)NC1CC1)Nc1cccc(C(F)(F)F)c1. The van der Waals surface area contributed by atoms with Crippen molar-refractivity contribution in [1.82, 2.24) is 10.7 Å². The normalized spacial score (nSPS) is 13.5. The molecule has 3 rings (SSSR count). The van der Waals surface area contributed by atoms with Gasteiger partial charge in [-0.25, -0.2) is 5.43 Å². The second-order valence-electron chi connectivity index (χ2n) is 6.90. The first kappa shape index (κ1) is 22.8. The van der Waals surface area contributed by atoms with Crippen LogP contribution in [-0.2, 0) is 20.6 Å². The molecule has 3 N–H and O–H groups in total. The Morgan fingerprint density at radius 3 is 2.53 bits per heavy atom. The molecule has 0 saturated heterocycles. The van der Waals surface area contributed by atoms with Crippen LogP contribution in [0.4, 0.5) is 18.9 Å². The van der Waals surface area contributed by atoms with Gasteiger partial charge in [-0.1, -0.05) is 18.2 Å². The van der Waals surface area contributed by atoms with E-state index in [0.717, 1.165) is 25.0 Å². The lowest BCUT2D eigenvalue weighted by Gasteiger charge is -2.11. The number of rotatable bonds is 7. The quantitative estimate of drug-likeness (QED) is 0.343. The molecule has 11 heteroatoms. The minimum Gasteiger partial charge on any atom is -0.483 e. The fraction of sp³-hybridized carbons (Fsp3) is 0.238. The number of amides is 3. The standard InChI is InChI=1S/C21H19F3N4O4/c22-21(23,24)14-5-3-6-16(10-14)26-18(29)12-32-17-7-2-1-4-13(17)11-25-28-20(31)19(30)27-15-8-9-15/h1-7,10-11,15H,8-9,12H2,(H,26,29)(H,27,30)(H,28,31)/b25-11-. The molecular formula is C21H19F3N4O4. The number of alkyl halides is 3. The molecular weight excluding hydrogens is 429 g/mol. The molecule has 0 atom stereocenters. The lowest BCUT2D eigenvalue weighted by atomic mass is 10.2. The van der Waals surface area contributed by atoms with Gasteiger partial charge in [0.15, 0.2) is 6.61 Å². The number of hydrogen-bond donors (Lipinski definition) is 3. The van der Waals surface area contributed by atoms with Gasteiger partial charge in [0.25, 0.3) is 5.91 Å².